The Morgan fingerprint density at radius 3 is 2.83 bits per heavy atom. The van der Waals surface area contributed by atoms with Crippen LogP contribution in [0.15, 0.2) is 30.8 Å². The Hall–Kier alpha value is -0.560. The van der Waals surface area contributed by atoms with E-state index in [1.165, 1.54) is 11.1 Å². The minimum Gasteiger partial charge on any atom is -0.0944 e. The van der Waals surface area contributed by atoms with E-state index < -0.39 is 0 Å². The summed E-state index contributed by atoms with van der Waals surface area (Å²) in [5, 5.41) is 0.847. The maximum atomic E-state index is 3.97. The Bertz CT molecular complexity index is 276. The molecule has 0 spiro atoms. The van der Waals surface area contributed by atoms with Crippen molar-refractivity contribution in [3.8, 4) is 0 Å². The van der Waals surface area contributed by atoms with Crippen molar-refractivity contribution in [3.63, 3.8) is 0 Å². The Balaban J connectivity index is 2.93. The first-order chi connectivity index (χ1) is 5.77. The highest BCUT2D eigenvalue weighted by molar-refractivity contribution is 9.09. The van der Waals surface area contributed by atoms with E-state index in [0.29, 0.717) is 0 Å². The third-order valence-electron chi connectivity index (χ3n) is 1.90. The monoisotopic (exact) mass is 224 g/mol. The zero-order valence-corrected chi connectivity index (χ0v) is 8.89. The predicted molar refractivity (Wildman–Crippen MR) is 58.6 cm³/mol. The third-order valence-corrected chi connectivity index (χ3v) is 2.58. The van der Waals surface area contributed by atoms with Gasteiger partial charge in [0.1, 0.15) is 0 Å². The van der Waals surface area contributed by atoms with Gasteiger partial charge in [-0.05, 0) is 23.1 Å². The SMILES string of the molecule is C=C(CBr)c1cccc(CC)c1. The topological polar surface area (TPSA) is 0 Å². The summed E-state index contributed by atoms with van der Waals surface area (Å²) in [6.45, 7) is 6.13. The standard InChI is InChI=1S/C11H13Br/c1-3-10-5-4-6-11(7-10)9(2)8-12/h4-7H,2-3,8H2,1H3. The molecular formula is C11H13Br. The van der Waals surface area contributed by atoms with Crippen molar-refractivity contribution in [2.45, 2.75) is 13.3 Å². The second kappa shape index (κ2) is 4.46. The van der Waals surface area contributed by atoms with Crippen molar-refractivity contribution in [2.24, 2.45) is 0 Å². The van der Waals surface area contributed by atoms with Crippen molar-refractivity contribution in [1.82, 2.24) is 0 Å². The summed E-state index contributed by atoms with van der Waals surface area (Å²) in [5.74, 6) is 0. The molecule has 0 aliphatic carbocycles. The molecule has 1 aromatic rings. The molecule has 12 heavy (non-hydrogen) atoms. The van der Waals surface area contributed by atoms with Crippen LogP contribution >= 0.6 is 15.9 Å². The largest absolute Gasteiger partial charge is 0.0944 e. The van der Waals surface area contributed by atoms with Crippen molar-refractivity contribution >= 4 is 21.5 Å². The van der Waals surface area contributed by atoms with Gasteiger partial charge < -0.3 is 0 Å². The molecular weight excluding hydrogens is 212 g/mol. The van der Waals surface area contributed by atoms with Gasteiger partial charge in [0.15, 0.2) is 0 Å². The fraction of sp³-hybridized carbons (Fsp3) is 0.273. The summed E-state index contributed by atoms with van der Waals surface area (Å²) in [5.41, 5.74) is 3.76. The van der Waals surface area contributed by atoms with E-state index in [9.17, 15) is 0 Å². The number of hydrogen-bond acceptors (Lipinski definition) is 0. The minimum absolute atomic E-state index is 0.847. The predicted octanol–water partition coefficient (Wildman–Crippen LogP) is 3.66. The fourth-order valence-electron chi connectivity index (χ4n) is 1.09. The van der Waals surface area contributed by atoms with E-state index >= 15 is 0 Å². The molecule has 0 N–H and O–H groups in total. The molecule has 0 unspecified atom stereocenters. The summed E-state index contributed by atoms with van der Waals surface area (Å²) in [6.07, 6.45) is 1.09. The Kier molecular flexibility index (Phi) is 3.54. The molecule has 0 nitrogen and oxygen atoms in total. The zero-order chi connectivity index (χ0) is 8.97. The summed E-state index contributed by atoms with van der Waals surface area (Å²) in [6, 6.07) is 8.53. The lowest BCUT2D eigenvalue weighted by Crippen LogP contribution is -1.86. The van der Waals surface area contributed by atoms with Gasteiger partial charge in [-0.15, -0.1) is 0 Å². The molecule has 0 amide bonds. The number of alkyl halides is 1. The average Bonchev–Trinajstić information content (AvgIpc) is 2.17. The second-order valence-corrected chi connectivity index (χ2v) is 3.35. The lowest BCUT2D eigenvalue weighted by atomic mass is 10.0. The van der Waals surface area contributed by atoms with Crippen LogP contribution in [0.25, 0.3) is 5.57 Å². The van der Waals surface area contributed by atoms with Crippen molar-refractivity contribution < 1.29 is 0 Å². The third kappa shape index (κ3) is 2.21. The van der Waals surface area contributed by atoms with E-state index in [1.807, 2.05) is 0 Å². The van der Waals surface area contributed by atoms with Gasteiger partial charge >= 0.3 is 0 Å². The van der Waals surface area contributed by atoms with Crippen LogP contribution in [-0.4, -0.2) is 5.33 Å². The molecule has 0 aliphatic rings. The molecule has 0 fully saturated rings. The smallest absolute Gasteiger partial charge is 0.0283 e. The Morgan fingerprint density at radius 1 is 1.50 bits per heavy atom. The molecule has 1 heteroatoms. The van der Waals surface area contributed by atoms with Crippen LogP contribution in [-0.2, 0) is 6.42 Å². The van der Waals surface area contributed by atoms with Crippen LogP contribution in [0.5, 0.6) is 0 Å². The van der Waals surface area contributed by atoms with Gasteiger partial charge in [-0.25, -0.2) is 0 Å². The molecule has 0 saturated carbocycles. The zero-order valence-electron chi connectivity index (χ0n) is 7.31. The van der Waals surface area contributed by atoms with E-state index in [-0.39, 0.29) is 0 Å². The number of allylic oxidation sites excluding steroid dienone is 1. The lowest BCUT2D eigenvalue weighted by molar-refractivity contribution is 1.14. The molecule has 1 rings (SSSR count). The van der Waals surface area contributed by atoms with E-state index in [2.05, 4.69) is 53.7 Å². The highest BCUT2D eigenvalue weighted by Gasteiger charge is 1.96. The highest BCUT2D eigenvalue weighted by atomic mass is 79.9. The van der Waals surface area contributed by atoms with Gasteiger partial charge in [-0.1, -0.05) is 53.7 Å². The summed E-state index contributed by atoms with van der Waals surface area (Å²) in [4.78, 5) is 0. The fourth-order valence-corrected chi connectivity index (χ4v) is 1.41. The molecule has 0 aromatic heterocycles. The maximum absolute atomic E-state index is 3.97. The van der Waals surface area contributed by atoms with Crippen LogP contribution in [0.2, 0.25) is 0 Å². The molecule has 0 saturated heterocycles. The minimum atomic E-state index is 0.847. The molecule has 0 bridgehead atoms. The van der Waals surface area contributed by atoms with E-state index in [1.54, 1.807) is 0 Å². The highest BCUT2D eigenvalue weighted by Crippen LogP contribution is 2.16. The van der Waals surface area contributed by atoms with E-state index in [4.69, 9.17) is 0 Å². The van der Waals surface area contributed by atoms with Crippen LogP contribution < -0.4 is 0 Å². The van der Waals surface area contributed by atoms with Gasteiger partial charge in [0, 0.05) is 5.33 Å². The summed E-state index contributed by atoms with van der Waals surface area (Å²) < 4.78 is 0. The molecule has 0 atom stereocenters. The first-order valence-electron chi connectivity index (χ1n) is 4.11. The van der Waals surface area contributed by atoms with Gasteiger partial charge in [0.05, 0.1) is 0 Å². The maximum Gasteiger partial charge on any atom is 0.0283 e. The number of aryl methyl sites for hydroxylation is 1. The normalized spacial score (nSPS) is 9.83. The van der Waals surface area contributed by atoms with Crippen molar-refractivity contribution in [1.29, 1.82) is 0 Å². The summed E-state index contributed by atoms with van der Waals surface area (Å²) in [7, 11) is 0. The molecule has 1 aromatic carbocycles. The van der Waals surface area contributed by atoms with Gasteiger partial charge in [0.25, 0.3) is 0 Å². The van der Waals surface area contributed by atoms with Gasteiger partial charge in [0.2, 0.25) is 0 Å². The molecule has 0 aliphatic heterocycles. The average molecular weight is 225 g/mol. The van der Waals surface area contributed by atoms with Crippen LogP contribution in [0, 0.1) is 0 Å². The molecule has 0 heterocycles. The summed E-state index contributed by atoms with van der Waals surface area (Å²) >= 11 is 3.40. The number of hydrogen-bond donors (Lipinski definition) is 0. The first kappa shape index (κ1) is 9.53. The Morgan fingerprint density at radius 2 is 2.25 bits per heavy atom. The van der Waals surface area contributed by atoms with Gasteiger partial charge in [-0.2, -0.15) is 0 Å². The first-order valence-corrected chi connectivity index (χ1v) is 5.23. The van der Waals surface area contributed by atoms with Crippen molar-refractivity contribution in [3.05, 3.63) is 42.0 Å². The van der Waals surface area contributed by atoms with Crippen LogP contribution in [0.1, 0.15) is 18.1 Å². The lowest BCUT2D eigenvalue weighted by Gasteiger charge is -2.03. The van der Waals surface area contributed by atoms with Crippen LogP contribution in [0.3, 0.4) is 0 Å². The number of halogens is 1. The van der Waals surface area contributed by atoms with E-state index in [0.717, 1.165) is 17.3 Å². The number of benzene rings is 1. The molecule has 64 valence electrons. The Labute approximate surface area is 82.4 Å². The van der Waals surface area contributed by atoms with Gasteiger partial charge in [-0.3, -0.25) is 0 Å². The van der Waals surface area contributed by atoms with Crippen LogP contribution in [0.4, 0.5) is 0 Å². The van der Waals surface area contributed by atoms with Crippen molar-refractivity contribution in [2.75, 3.05) is 5.33 Å². The number of rotatable bonds is 3. The second-order valence-electron chi connectivity index (χ2n) is 2.79. The quantitative estimate of drug-likeness (QED) is 0.688. The molecule has 0 radical (unpaired) electrons.